The second-order valence-corrected chi connectivity index (χ2v) is 6.33. The molecule has 19 heavy (non-hydrogen) atoms. The standard InChI is InChI=1S/C13H18BrClFN3/c1-18-5-6-19(2)10(7-18)13(17)8-3-4-9(14)11(15)12(8)16/h3-4,10,13H,5-7,17H2,1-2H3. The number of halogens is 3. The van der Waals surface area contributed by atoms with Gasteiger partial charge in [-0.2, -0.15) is 0 Å². The van der Waals surface area contributed by atoms with Crippen LogP contribution >= 0.6 is 27.5 Å². The maximum absolute atomic E-state index is 14.2. The first-order valence-electron chi connectivity index (χ1n) is 6.19. The molecule has 1 aromatic carbocycles. The summed E-state index contributed by atoms with van der Waals surface area (Å²) >= 11 is 9.14. The molecule has 1 heterocycles. The molecule has 1 saturated heterocycles. The lowest BCUT2D eigenvalue weighted by Gasteiger charge is -2.40. The third-order valence-electron chi connectivity index (χ3n) is 3.74. The first-order valence-corrected chi connectivity index (χ1v) is 7.36. The van der Waals surface area contributed by atoms with Crippen LogP contribution in [0.4, 0.5) is 4.39 Å². The number of hydrogen-bond acceptors (Lipinski definition) is 3. The minimum Gasteiger partial charge on any atom is -0.323 e. The maximum Gasteiger partial charge on any atom is 0.147 e. The molecule has 6 heteroatoms. The van der Waals surface area contributed by atoms with Crippen molar-refractivity contribution >= 4 is 27.5 Å². The Morgan fingerprint density at radius 3 is 2.79 bits per heavy atom. The van der Waals surface area contributed by atoms with Gasteiger partial charge >= 0.3 is 0 Å². The number of rotatable bonds is 2. The molecule has 0 radical (unpaired) electrons. The Labute approximate surface area is 126 Å². The van der Waals surface area contributed by atoms with Crippen molar-refractivity contribution in [2.45, 2.75) is 12.1 Å². The summed E-state index contributed by atoms with van der Waals surface area (Å²) in [4.78, 5) is 4.39. The van der Waals surface area contributed by atoms with Gasteiger partial charge in [-0.3, -0.25) is 4.90 Å². The molecule has 0 amide bonds. The number of nitrogens with zero attached hydrogens (tertiary/aromatic N) is 2. The predicted octanol–water partition coefficient (Wildman–Crippen LogP) is 2.49. The lowest BCUT2D eigenvalue weighted by Crippen LogP contribution is -2.54. The molecule has 2 rings (SSSR count). The summed E-state index contributed by atoms with van der Waals surface area (Å²) in [5, 5.41) is 0.0970. The largest absolute Gasteiger partial charge is 0.323 e. The van der Waals surface area contributed by atoms with E-state index in [4.69, 9.17) is 17.3 Å². The quantitative estimate of drug-likeness (QED) is 0.832. The van der Waals surface area contributed by atoms with Crippen LogP contribution in [0.1, 0.15) is 11.6 Å². The van der Waals surface area contributed by atoms with Crippen molar-refractivity contribution in [1.82, 2.24) is 9.80 Å². The van der Waals surface area contributed by atoms with Gasteiger partial charge < -0.3 is 10.6 Å². The lowest BCUT2D eigenvalue weighted by atomic mass is 9.97. The van der Waals surface area contributed by atoms with Crippen LogP contribution in [-0.4, -0.2) is 49.6 Å². The van der Waals surface area contributed by atoms with Gasteiger partial charge in [-0.15, -0.1) is 0 Å². The molecule has 1 fully saturated rings. The molecule has 0 bridgehead atoms. The van der Waals surface area contributed by atoms with E-state index in [-0.39, 0.29) is 11.1 Å². The summed E-state index contributed by atoms with van der Waals surface area (Å²) in [7, 11) is 4.08. The van der Waals surface area contributed by atoms with Gasteiger partial charge in [0.25, 0.3) is 0 Å². The zero-order chi connectivity index (χ0) is 14.2. The van der Waals surface area contributed by atoms with E-state index in [1.165, 1.54) is 0 Å². The van der Waals surface area contributed by atoms with Crippen LogP contribution in [0.3, 0.4) is 0 Å². The van der Waals surface area contributed by atoms with Gasteiger partial charge in [-0.25, -0.2) is 4.39 Å². The molecule has 0 aliphatic carbocycles. The summed E-state index contributed by atoms with van der Waals surface area (Å²) in [5.41, 5.74) is 6.73. The molecule has 0 aromatic heterocycles. The topological polar surface area (TPSA) is 32.5 Å². The molecule has 2 atom stereocenters. The Morgan fingerprint density at radius 2 is 2.11 bits per heavy atom. The SMILES string of the molecule is CN1CCN(C)C(C(N)c2ccc(Br)c(Cl)c2F)C1. The molecule has 0 spiro atoms. The molecular formula is C13H18BrClFN3. The van der Waals surface area contributed by atoms with Crippen LogP contribution in [-0.2, 0) is 0 Å². The Kier molecular flexibility index (Phi) is 4.84. The average Bonchev–Trinajstić information content (AvgIpc) is 2.38. The van der Waals surface area contributed by atoms with Crippen LogP contribution in [0, 0.1) is 5.82 Å². The number of nitrogens with two attached hydrogens (primary N) is 1. The smallest absolute Gasteiger partial charge is 0.147 e. The minimum atomic E-state index is -0.426. The number of benzene rings is 1. The highest BCUT2D eigenvalue weighted by Gasteiger charge is 2.30. The van der Waals surface area contributed by atoms with Crippen LogP contribution < -0.4 is 5.73 Å². The third-order valence-corrected chi connectivity index (χ3v) is 5.00. The molecule has 1 aliphatic heterocycles. The van der Waals surface area contributed by atoms with E-state index in [2.05, 4.69) is 32.8 Å². The molecule has 1 aliphatic rings. The van der Waals surface area contributed by atoms with Crippen molar-refractivity contribution in [3.05, 3.63) is 33.0 Å². The van der Waals surface area contributed by atoms with Crippen LogP contribution in [0.15, 0.2) is 16.6 Å². The monoisotopic (exact) mass is 349 g/mol. The fourth-order valence-corrected chi connectivity index (χ4v) is 2.92. The zero-order valence-corrected chi connectivity index (χ0v) is 13.4. The van der Waals surface area contributed by atoms with Gasteiger partial charge in [0.2, 0.25) is 0 Å². The van der Waals surface area contributed by atoms with Crippen molar-refractivity contribution in [3.8, 4) is 0 Å². The van der Waals surface area contributed by atoms with Crippen LogP contribution in [0.5, 0.6) is 0 Å². The molecule has 3 nitrogen and oxygen atoms in total. The second kappa shape index (κ2) is 6.06. The summed E-state index contributed by atoms with van der Waals surface area (Å²) in [6.45, 7) is 2.76. The first kappa shape index (κ1) is 15.2. The third kappa shape index (κ3) is 3.11. The zero-order valence-electron chi connectivity index (χ0n) is 11.0. The normalized spacial score (nSPS) is 23.6. The van der Waals surface area contributed by atoms with Crippen LogP contribution in [0.2, 0.25) is 5.02 Å². The minimum absolute atomic E-state index is 0.0884. The Balaban J connectivity index is 2.28. The fourth-order valence-electron chi connectivity index (χ4n) is 2.44. The van der Waals surface area contributed by atoms with Crippen molar-refractivity contribution in [1.29, 1.82) is 0 Å². The van der Waals surface area contributed by atoms with E-state index < -0.39 is 11.9 Å². The van der Waals surface area contributed by atoms with E-state index >= 15 is 0 Å². The Hall–Kier alpha value is -0.200. The van der Waals surface area contributed by atoms with E-state index in [0.717, 1.165) is 19.6 Å². The highest BCUT2D eigenvalue weighted by molar-refractivity contribution is 9.10. The van der Waals surface area contributed by atoms with Gasteiger partial charge in [0.1, 0.15) is 5.82 Å². The number of likely N-dealkylation sites (N-methyl/N-ethyl adjacent to an activating group) is 2. The average molecular weight is 351 g/mol. The van der Waals surface area contributed by atoms with E-state index in [1.54, 1.807) is 12.1 Å². The Morgan fingerprint density at radius 1 is 1.42 bits per heavy atom. The first-order chi connectivity index (χ1) is 8.91. The van der Waals surface area contributed by atoms with Crippen molar-refractivity contribution < 1.29 is 4.39 Å². The molecule has 2 unspecified atom stereocenters. The molecule has 1 aromatic rings. The summed E-state index contributed by atoms with van der Waals surface area (Å²) < 4.78 is 14.8. The van der Waals surface area contributed by atoms with E-state index in [9.17, 15) is 4.39 Å². The van der Waals surface area contributed by atoms with Crippen molar-refractivity contribution in [3.63, 3.8) is 0 Å². The maximum atomic E-state index is 14.2. The number of piperazine rings is 1. The van der Waals surface area contributed by atoms with Gasteiger partial charge in [0.15, 0.2) is 0 Å². The van der Waals surface area contributed by atoms with Crippen LogP contribution in [0.25, 0.3) is 0 Å². The van der Waals surface area contributed by atoms with Gasteiger partial charge in [-0.05, 0) is 36.1 Å². The highest BCUT2D eigenvalue weighted by Crippen LogP contribution is 2.32. The summed E-state index contributed by atoms with van der Waals surface area (Å²) in [6, 6.07) is 3.15. The molecule has 106 valence electrons. The van der Waals surface area contributed by atoms with E-state index in [0.29, 0.717) is 10.0 Å². The summed E-state index contributed by atoms with van der Waals surface area (Å²) in [6.07, 6.45) is 0. The van der Waals surface area contributed by atoms with Gasteiger partial charge in [-0.1, -0.05) is 17.7 Å². The second-order valence-electron chi connectivity index (χ2n) is 5.10. The fraction of sp³-hybridized carbons (Fsp3) is 0.538. The molecular weight excluding hydrogens is 333 g/mol. The molecule has 0 saturated carbocycles. The van der Waals surface area contributed by atoms with Gasteiger partial charge in [0.05, 0.1) is 5.02 Å². The molecule has 2 N–H and O–H groups in total. The van der Waals surface area contributed by atoms with Crippen molar-refractivity contribution in [2.75, 3.05) is 33.7 Å². The lowest BCUT2D eigenvalue weighted by molar-refractivity contribution is 0.0966. The summed E-state index contributed by atoms with van der Waals surface area (Å²) in [5.74, 6) is -0.426. The predicted molar refractivity (Wildman–Crippen MR) is 80.0 cm³/mol. The van der Waals surface area contributed by atoms with Crippen molar-refractivity contribution in [2.24, 2.45) is 5.73 Å². The number of hydrogen-bond donors (Lipinski definition) is 1. The highest BCUT2D eigenvalue weighted by atomic mass is 79.9. The Bertz CT molecular complexity index is 471. The van der Waals surface area contributed by atoms with E-state index in [1.807, 2.05) is 7.05 Å². The van der Waals surface area contributed by atoms with Gasteiger partial charge in [0, 0.05) is 41.8 Å².